The Morgan fingerprint density at radius 2 is 1.75 bits per heavy atom. The number of carbonyl (C=O) groups excluding carboxylic acids is 3. The van der Waals surface area contributed by atoms with Crippen molar-refractivity contribution < 1.29 is 33.0 Å². The lowest BCUT2D eigenvalue weighted by Gasteiger charge is -2.21. The number of methoxy groups -OCH3 is 1. The van der Waals surface area contributed by atoms with Gasteiger partial charge in [0.2, 0.25) is 5.91 Å². The molecule has 44 heavy (non-hydrogen) atoms. The molecule has 3 aliphatic heterocycles. The van der Waals surface area contributed by atoms with E-state index in [1.165, 1.54) is 13.5 Å². The molecular formula is C33H32N4O7. The third-order valence-corrected chi connectivity index (χ3v) is 7.68. The van der Waals surface area contributed by atoms with Gasteiger partial charge in [-0.3, -0.25) is 14.4 Å². The predicted molar refractivity (Wildman–Crippen MR) is 159 cm³/mol. The van der Waals surface area contributed by atoms with Gasteiger partial charge in [0.05, 0.1) is 25.9 Å². The topological polar surface area (TPSA) is 132 Å². The quantitative estimate of drug-likeness (QED) is 0.368. The molecule has 4 heterocycles. The third-order valence-electron chi connectivity index (χ3n) is 7.68. The Hall–Kier alpha value is -5.32. The van der Waals surface area contributed by atoms with Crippen molar-refractivity contribution >= 4 is 17.7 Å². The summed E-state index contributed by atoms with van der Waals surface area (Å²) in [5.41, 5.74) is 3.07. The molecule has 11 nitrogen and oxygen atoms in total. The van der Waals surface area contributed by atoms with Crippen LogP contribution in [0, 0.1) is 0 Å². The molecule has 2 N–H and O–H groups in total. The Morgan fingerprint density at radius 1 is 0.955 bits per heavy atom. The zero-order valence-corrected chi connectivity index (χ0v) is 24.2. The van der Waals surface area contributed by atoms with Gasteiger partial charge in [0, 0.05) is 30.6 Å². The van der Waals surface area contributed by atoms with Crippen molar-refractivity contribution in [2.75, 3.05) is 26.8 Å². The van der Waals surface area contributed by atoms with E-state index in [0.717, 1.165) is 16.7 Å². The fourth-order valence-corrected chi connectivity index (χ4v) is 5.30. The van der Waals surface area contributed by atoms with E-state index in [-0.39, 0.29) is 30.7 Å². The van der Waals surface area contributed by atoms with Crippen LogP contribution in [-0.4, -0.2) is 66.6 Å². The lowest BCUT2D eigenvalue weighted by Crippen LogP contribution is -2.45. The zero-order valence-electron chi connectivity index (χ0n) is 24.2. The van der Waals surface area contributed by atoms with Crippen LogP contribution in [0.1, 0.15) is 27.9 Å². The summed E-state index contributed by atoms with van der Waals surface area (Å²) in [4.78, 5) is 44.8. The number of nitrogens with zero attached hydrogens (tertiary/aromatic N) is 2. The zero-order chi connectivity index (χ0) is 30.5. The molecule has 0 aliphatic carbocycles. The lowest BCUT2D eigenvalue weighted by molar-refractivity contribution is -0.123. The average Bonchev–Trinajstić information content (AvgIpc) is 3.73. The fraction of sp³-hybridized carbons (Fsp3) is 0.273. The Labute approximate surface area is 254 Å². The van der Waals surface area contributed by atoms with Crippen LogP contribution in [0.2, 0.25) is 0 Å². The van der Waals surface area contributed by atoms with Crippen LogP contribution in [-0.2, 0) is 22.6 Å². The first-order chi connectivity index (χ1) is 21.4. The summed E-state index contributed by atoms with van der Waals surface area (Å²) >= 11 is 0. The number of aryl methyl sites for hydroxylation is 1. The summed E-state index contributed by atoms with van der Waals surface area (Å²) in [6, 6.07) is 19.5. The van der Waals surface area contributed by atoms with Crippen molar-refractivity contribution in [2.45, 2.75) is 31.5 Å². The SMILES string of the molecule is COc1ccc2cc1OCC(=O)NCc1ccc(cc1)O[C@H]1CN(C(=O)c3ccc(-c4cnco4)cc3)C[C@@H]1NC(=O)CC2. The lowest BCUT2D eigenvalue weighted by atomic mass is 10.1. The number of hydrogen-bond donors (Lipinski definition) is 2. The number of nitrogens with one attached hydrogen (secondary N) is 2. The van der Waals surface area contributed by atoms with E-state index in [0.29, 0.717) is 54.6 Å². The molecule has 4 aromatic rings. The molecule has 4 bridgehead atoms. The molecule has 2 atom stereocenters. The van der Waals surface area contributed by atoms with Gasteiger partial charge in [-0.2, -0.15) is 0 Å². The van der Waals surface area contributed by atoms with Gasteiger partial charge in [-0.05, 0) is 53.9 Å². The number of amides is 3. The highest BCUT2D eigenvalue weighted by atomic mass is 16.5. The number of benzene rings is 3. The first-order valence-electron chi connectivity index (χ1n) is 14.3. The van der Waals surface area contributed by atoms with Crippen LogP contribution in [0.5, 0.6) is 17.2 Å². The minimum Gasteiger partial charge on any atom is -0.493 e. The van der Waals surface area contributed by atoms with Crippen molar-refractivity contribution in [3.63, 3.8) is 0 Å². The number of ether oxygens (including phenoxy) is 3. The van der Waals surface area contributed by atoms with Gasteiger partial charge in [-0.1, -0.05) is 30.3 Å². The maximum Gasteiger partial charge on any atom is 0.258 e. The van der Waals surface area contributed by atoms with Gasteiger partial charge in [-0.25, -0.2) is 4.98 Å². The van der Waals surface area contributed by atoms with Crippen molar-refractivity contribution in [3.8, 4) is 28.6 Å². The van der Waals surface area contributed by atoms with Crippen molar-refractivity contribution in [3.05, 3.63) is 96.0 Å². The molecule has 0 saturated carbocycles. The highest BCUT2D eigenvalue weighted by Crippen LogP contribution is 2.29. The van der Waals surface area contributed by atoms with E-state index in [9.17, 15) is 14.4 Å². The number of fused-ring (bicyclic) bond motifs is 9. The molecule has 11 heteroatoms. The molecule has 0 spiro atoms. The Kier molecular flexibility index (Phi) is 8.44. The summed E-state index contributed by atoms with van der Waals surface area (Å²) in [6.07, 6.45) is 3.16. The van der Waals surface area contributed by atoms with E-state index >= 15 is 0 Å². The Balaban J connectivity index is 1.21. The number of carbonyl (C=O) groups is 3. The van der Waals surface area contributed by atoms with Gasteiger partial charge < -0.3 is 34.2 Å². The highest BCUT2D eigenvalue weighted by Gasteiger charge is 2.38. The molecule has 1 saturated heterocycles. The van der Waals surface area contributed by atoms with Gasteiger partial charge in [0.15, 0.2) is 30.3 Å². The van der Waals surface area contributed by atoms with Gasteiger partial charge in [0.25, 0.3) is 11.8 Å². The summed E-state index contributed by atoms with van der Waals surface area (Å²) < 4.78 is 22.8. The molecule has 3 aromatic carbocycles. The number of likely N-dealkylation sites (tertiary alicyclic amines) is 1. The summed E-state index contributed by atoms with van der Waals surface area (Å²) in [7, 11) is 1.53. The maximum absolute atomic E-state index is 13.5. The van der Waals surface area contributed by atoms with Crippen molar-refractivity contribution in [1.82, 2.24) is 20.5 Å². The fourth-order valence-electron chi connectivity index (χ4n) is 5.30. The summed E-state index contributed by atoms with van der Waals surface area (Å²) in [5.74, 6) is 1.53. The molecule has 3 aliphatic rings. The van der Waals surface area contributed by atoms with Crippen LogP contribution in [0.25, 0.3) is 11.3 Å². The summed E-state index contributed by atoms with van der Waals surface area (Å²) in [5, 5.41) is 5.95. The Bertz CT molecular complexity index is 1620. The molecule has 0 unspecified atom stereocenters. The normalized spacial score (nSPS) is 18.9. The molecule has 226 valence electrons. The standard InChI is InChI=1S/C33H32N4O7/c1-41-27-12-4-21-5-13-31(38)36-26-17-37(33(40)24-8-6-23(7-9-24)29-16-34-20-43-29)18-30(26)44-25-10-2-22(3-11-25)15-35-32(39)19-42-28(27)14-21/h2-4,6-12,14,16,20,26,30H,5,13,15,17-19H2,1H3,(H,35,39)(H,36,38)/t26-,30-/m0/s1. The second-order valence-electron chi connectivity index (χ2n) is 10.7. The first-order valence-corrected chi connectivity index (χ1v) is 14.3. The third kappa shape index (κ3) is 6.67. The molecule has 7 rings (SSSR count). The number of aromatic nitrogens is 1. The van der Waals surface area contributed by atoms with Crippen LogP contribution in [0.3, 0.4) is 0 Å². The minimum atomic E-state index is -0.468. The van der Waals surface area contributed by atoms with Crippen LogP contribution >= 0.6 is 0 Å². The van der Waals surface area contributed by atoms with E-state index in [4.69, 9.17) is 18.6 Å². The smallest absolute Gasteiger partial charge is 0.258 e. The van der Waals surface area contributed by atoms with Gasteiger partial charge in [-0.15, -0.1) is 0 Å². The number of rotatable bonds is 3. The molecule has 1 fully saturated rings. The van der Waals surface area contributed by atoms with E-state index in [1.807, 2.05) is 42.5 Å². The minimum absolute atomic E-state index is 0.161. The first kappa shape index (κ1) is 28.8. The highest BCUT2D eigenvalue weighted by molar-refractivity contribution is 5.95. The van der Waals surface area contributed by atoms with Gasteiger partial charge in [0.1, 0.15) is 11.9 Å². The molecule has 3 amide bonds. The Morgan fingerprint density at radius 3 is 2.50 bits per heavy atom. The average molecular weight is 597 g/mol. The second kappa shape index (κ2) is 12.9. The maximum atomic E-state index is 13.5. The van der Waals surface area contributed by atoms with Crippen molar-refractivity contribution in [1.29, 1.82) is 0 Å². The predicted octanol–water partition coefficient (Wildman–Crippen LogP) is 3.38. The number of oxazole rings is 1. The largest absolute Gasteiger partial charge is 0.493 e. The second-order valence-corrected chi connectivity index (χ2v) is 10.7. The monoisotopic (exact) mass is 596 g/mol. The van der Waals surface area contributed by atoms with Crippen molar-refractivity contribution in [2.24, 2.45) is 0 Å². The summed E-state index contributed by atoms with van der Waals surface area (Å²) in [6.45, 7) is 0.735. The molecule has 1 aromatic heterocycles. The number of hydrogen-bond acceptors (Lipinski definition) is 8. The van der Waals surface area contributed by atoms with Gasteiger partial charge >= 0.3 is 0 Å². The molecular weight excluding hydrogens is 564 g/mol. The van der Waals surface area contributed by atoms with E-state index < -0.39 is 12.1 Å². The van der Waals surface area contributed by atoms with E-state index in [1.54, 1.807) is 35.4 Å². The van der Waals surface area contributed by atoms with Crippen LogP contribution in [0.15, 0.2) is 83.7 Å². The van der Waals surface area contributed by atoms with Crippen LogP contribution in [0.4, 0.5) is 0 Å². The van der Waals surface area contributed by atoms with Crippen LogP contribution < -0.4 is 24.8 Å². The molecule has 0 radical (unpaired) electrons. The van der Waals surface area contributed by atoms with E-state index in [2.05, 4.69) is 15.6 Å².